The van der Waals surface area contributed by atoms with Gasteiger partial charge in [-0.05, 0) is 31.1 Å². The van der Waals surface area contributed by atoms with Crippen LogP contribution in [0.4, 0.5) is 0 Å². The molecule has 0 bridgehead atoms. The largest absolute Gasteiger partial charge is 0.353 e. The summed E-state index contributed by atoms with van der Waals surface area (Å²) >= 11 is 0. The molecule has 25 heavy (non-hydrogen) atoms. The van der Waals surface area contributed by atoms with E-state index >= 15 is 0 Å². The number of rotatable bonds is 7. The number of aromatic amines is 1. The number of amides is 1. The van der Waals surface area contributed by atoms with Gasteiger partial charge in [0.2, 0.25) is 5.91 Å². The van der Waals surface area contributed by atoms with E-state index in [0.29, 0.717) is 0 Å². The molecule has 0 aliphatic rings. The molecule has 0 saturated heterocycles. The van der Waals surface area contributed by atoms with E-state index in [4.69, 9.17) is 0 Å². The van der Waals surface area contributed by atoms with Crippen LogP contribution in [0.2, 0.25) is 0 Å². The third-order valence-electron chi connectivity index (χ3n) is 4.40. The van der Waals surface area contributed by atoms with E-state index in [2.05, 4.69) is 35.9 Å². The molecule has 0 radical (unpaired) electrons. The van der Waals surface area contributed by atoms with Crippen LogP contribution < -0.4 is 0 Å². The summed E-state index contributed by atoms with van der Waals surface area (Å²) in [6.07, 6.45) is 8.41. The van der Waals surface area contributed by atoms with Gasteiger partial charge in [-0.2, -0.15) is 0 Å². The van der Waals surface area contributed by atoms with Crippen molar-refractivity contribution in [2.45, 2.75) is 33.1 Å². The smallest absolute Gasteiger partial charge is 0.246 e. The van der Waals surface area contributed by atoms with Gasteiger partial charge in [0.1, 0.15) is 0 Å². The number of nitrogens with zero attached hydrogens (tertiary/aromatic N) is 2. The Kier molecular flexibility index (Phi) is 5.49. The molecule has 0 fully saturated rings. The van der Waals surface area contributed by atoms with Crippen molar-refractivity contribution in [2.75, 3.05) is 13.1 Å². The number of nitrogens with one attached hydrogen (secondary N) is 1. The Morgan fingerprint density at radius 1 is 1.12 bits per heavy atom. The Bertz CT molecular complexity index is 894. The van der Waals surface area contributed by atoms with Crippen molar-refractivity contribution in [3.63, 3.8) is 0 Å². The number of carbonyl (C=O) groups is 1. The average molecular weight is 335 g/mol. The summed E-state index contributed by atoms with van der Waals surface area (Å²) in [7, 11) is 0. The molecule has 0 atom stereocenters. The molecular weight excluding hydrogens is 310 g/mol. The zero-order chi connectivity index (χ0) is 17.6. The average Bonchev–Trinajstić information content (AvgIpc) is 3.01. The lowest BCUT2D eigenvalue weighted by molar-refractivity contribution is -0.126. The number of carbonyl (C=O) groups excluding carboxylic acids is 1. The van der Waals surface area contributed by atoms with Gasteiger partial charge in [0.05, 0.1) is 17.4 Å². The lowest BCUT2D eigenvalue weighted by atomic mass is 10.1. The summed E-state index contributed by atoms with van der Waals surface area (Å²) in [4.78, 5) is 22.2. The minimum absolute atomic E-state index is 0.0659. The van der Waals surface area contributed by atoms with Gasteiger partial charge < -0.3 is 9.88 Å². The van der Waals surface area contributed by atoms with Crippen LogP contribution in [0.5, 0.6) is 0 Å². The van der Waals surface area contributed by atoms with E-state index in [1.165, 1.54) is 5.39 Å². The number of hydrogen-bond acceptors (Lipinski definition) is 2. The minimum atomic E-state index is 0.0659. The van der Waals surface area contributed by atoms with Crippen molar-refractivity contribution in [3.8, 4) is 0 Å². The molecule has 4 heteroatoms. The predicted octanol–water partition coefficient (Wildman–Crippen LogP) is 4.77. The molecule has 1 N–H and O–H groups in total. The number of benzene rings is 1. The van der Waals surface area contributed by atoms with Crippen LogP contribution in [0.15, 0.2) is 42.6 Å². The molecule has 1 aromatic carbocycles. The lowest BCUT2D eigenvalue weighted by Gasteiger charge is -2.20. The van der Waals surface area contributed by atoms with Gasteiger partial charge in [0.15, 0.2) is 0 Å². The maximum absolute atomic E-state index is 12.4. The van der Waals surface area contributed by atoms with Crippen molar-refractivity contribution in [3.05, 3.63) is 48.3 Å². The Morgan fingerprint density at radius 3 is 2.76 bits per heavy atom. The second kappa shape index (κ2) is 7.97. The number of fused-ring (bicyclic) bond motifs is 3. The summed E-state index contributed by atoms with van der Waals surface area (Å²) < 4.78 is 0. The Balaban J connectivity index is 1.82. The van der Waals surface area contributed by atoms with Crippen molar-refractivity contribution >= 4 is 33.8 Å². The maximum atomic E-state index is 12.4. The molecule has 2 heterocycles. The SMILES string of the molecule is CCCCN(CCC)C(=O)/C=C/c1cc2c(cn1)[nH]c1ccccc12. The van der Waals surface area contributed by atoms with Crippen LogP contribution in [0.25, 0.3) is 27.9 Å². The predicted molar refractivity (Wildman–Crippen MR) is 104 cm³/mol. The Labute approximate surface area is 148 Å². The lowest BCUT2D eigenvalue weighted by Crippen LogP contribution is -2.31. The fourth-order valence-electron chi connectivity index (χ4n) is 3.07. The normalized spacial score (nSPS) is 11.6. The molecule has 0 aliphatic carbocycles. The van der Waals surface area contributed by atoms with Crippen molar-refractivity contribution in [2.24, 2.45) is 0 Å². The molecule has 0 unspecified atom stereocenters. The first-order valence-corrected chi connectivity index (χ1v) is 9.06. The Hall–Kier alpha value is -2.62. The van der Waals surface area contributed by atoms with Crippen LogP contribution in [0.3, 0.4) is 0 Å². The number of unbranched alkanes of at least 4 members (excludes halogenated alkanes) is 1. The van der Waals surface area contributed by atoms with Gasteiger partial charge in [-0.1, -0.05) is 38.5 Å². The second-order valence-electron chi connectivity index (χ2n) is 6.34. The fourth-order valence-corrected chi connectivity index (χ4v) is 3.07. The molecule has 4 nitrogen and oxygen atoms in total. The first-order valence-electron chi connectivity index (χ1n) is 9.06. The van der Waals surface area contributed by atoms with E-state index in [1.54, 1.807) is 6.08 Å². The monoisotopic (exact) mass is 335 g/mol. The zero-order valence-corrected chi connectivity index (χ0v) is 15.0. The highest BCUT2D eigenvalue weighted by molar-refractivity contribution is 6.07. The van der Waals surface area contributed by atoms with Crippen LogP contribution in [-0.4, -0.2) is 33.9 Å². The number of pyridine rings is 1. The standard InChI is InChI=1S/C21H25N3O/c1-3-5-13-24(12-4-2)21(25)11-10-16-14-18-17-8-6-7-9-19(17)23-20(18)15-22-16/h6-11,14-15,23H,3-5,12-13H2,1-2H3/b11-10+. The quantitative estimate of drug-likeness (QED) is 0.632. The molecule has 3 aromatic rings. The Morgan fingerprint density at radius 2 is 1.96 bits per heavy atom. The van der Waals surface area contributed by atoms with E-state index in [-0.39, 0.29) is 5.91 Å². The van der Waals surface area contributed by atoms with Crippen molar-refractivity contribution < 1.29 is 4.79 Å². The van der Waals surface area contributed by atoms with Crippen molar-refractivity contribution in [1.29, 1.82) is 0 Å². The maximum Gasteiger partial charge on any atom is 0.246 e. The summed E-state index contributed by atoms with van der Waals surface area (Å²) in [6.45, 7) is 5.87. The summed E-state index contributed by atoms with van der Waals surface area (Å²) in [6, 6.07) is 10.2. The molecule has 3 rings (SSSR count). The summed E-state index contributed by atoms with van der Waals surface area (Å²) in [5.74, 6) is 0.0659. The first kappa shape index (κ1) is 17.2. The summed E-state index contributed by atoms with van der Waals surface area (Å²) in [5.41, 5.74) is 2.92. The first-order chi connectivity index (χ1) is 12.2. The molecule has 2 aromatic heterocycles. The highest BCUT2D eigenvalue weighted by Gasteiger charge is 2.09. The topological polar surface area (TPSA) is 49.0 Å². The zero-order valence-electron chi connectivity index (χ0n) is 15.0. The highest BCUT2D eigenvalue weighted by atomic mass is 16.2. The van der Waals surface area contributed by atoms with Gasteiger partial charge in [-0.15, -0.1) is 0 Å². The number of H-pyrrole nitrogens is 1. The number of para-hydroxylation sites is 1. The second-order valence-corrected chi connectivity index (χ2v) is 6.34. The fraction of sp³-hybridized carbons (Fsp3) is 0.333. The van der Waals surface area contributed by atoms with Gasteiger partial charge in [-0.25, -0.2) is 0 Å². The molecule has 0 aliphatic heterocycles. The van der Waals surface area contributed by atoms with Gasteiger partial charge in [0.25, 0.3) is 0 Å². The van der Waals surface area contributed by atoms with Crippen LogP contribution in [-0.2, 0) is 4.79 Å². The van der Waals surface area contributed by atoms with Crippen LogP contribution in [0.1, 0.15) is 38.8 Å². The number of hydrogen-bond donors (Lipinski definition) is 1. The van der Waals surface area contributed by atoms with E-state index in [9.17, 15) is 4.79 Å². The third kappa shape index (κ3) is 3.90. The molecule has 0 spiro atoms. The molecular formula is C21H25N3O. The van der Waals surface area contributed by atoms with E-state index < -0.39 is 0 Å². The van der Waals surface area contributed by atoms with Gasteiger partial charge in [0, 0.05) is 35.5 Å². The van der Waals surface area contributed by atoms with E-state index in [0.717, 1.165) is 54.5 Å². The van der Waals surface area contributed by atoms with Crippen LogP contribution >= 0.6 is 0 Å². The van der Waals surface area contributed by atoms with Gasteiger partial charge in [-0.3, -0.25) is 9.78 Å². The van der Waals surface area contributed by atoms with Crippen LogP contribution in [0, 0.1) is 0 Å². The van der Waals surface area contributed by atoms with Gasteiger partial charge >= 0.3 is 0 Å². The van der Waals surface area contributed by atoms with Crippen molar-refractivity contribution in [1.82, 2.24) is 14.9 Å². The third-order valence-corrected chi connectivity index (χ3v) is 4.40. The number of aromatic nitrogens is 2. The van der Waals surface area contributed by atoms with E-state index in [1.807, 2.05) is 35.4 Å². The summed E-state index contributed by atoms with van der Waals surface area (Å²) in [5, 5.41) is 2.31. The molecule has 0 saturated carbocycles. The molecule has 130 valence electrons. The molecule has 1 amide bonds. The highest BCUT2D eigenvalue weighted by Crippen LogP contribution is 2.25. The minimum Gasteiger partial charge on any atom is -0.353 e.